The van der Waals surface area contributed by atoms with E-state index in [-0.39, 0.29) is 23.7 Å². The number of nitrogens with zero attached hydrogens (tertiary/aromatic N) is 3. The van der Waals surface area contributed by atoms with Crippen molar-refractivity contribution < 1.29 is 14.6 Å². The van der Waals surface area contributed by atoms with Crippen LogP contribution in [0.1, 0.15) is 6.42 Å². The summed E-state index contributed by atoms with van der Waals surface area (Å²) in [6.07, 6.45) is 0.681. The van der Waals surface area contributed by atoms with E-state index in [9.17, 15) is 9.90 Å². The van der Waals surface area contributed by atoms with Gasteiger partial charge in [-0.15, -0.1) is 0 Å². The Labute approximate surface area is 180 Å². The summed E-state index contributed by atoms with van der Waals surface area (Å²) in [6.45, 7) is 3.17. The van der Waals surface area contributed by atoms with Crippen LogP contribution < -0.4 is 10.6 Å². The number of phenolic OH excluding ortho intramolecular Hbond substituents is 1. The molecule has 8 nitrogen and oxygen atoms in total. The Bertz CT molecular complexity index is 1100. The number of fused-ring (bicyclic) bond motifs is 1. The highest BCUT2D eigenvalue weighted by atomic mass is 16.5. The fraction of sp³-hybridized carbons (Fsp3) is 0.348. The Morgan fingerprint density at radius 2 is 1.87 bits per heavy atom. The van der Waals surface area contributed by atoms with Crippen LogP contribution in [0.15, 0.2) is 48.5 Å². The molecule has 0 radical (unpaired) electrons. The highest BCUT2D eigenvalue weighted by Crippen LogP contribution is 2.30. The molecule has 160 valence electrons. The molecule has 3 heterocycles. The van der Waals surface area contributed by atoms with Gasteiger partial charge in [-0.05, 0) is 30.7 Å². The maximum Gasteiger partial charge on any atom is 0.239 e. The summed E-state index contributed by atoms with van der Waals surface area (Å²) in [5.74, 6) is 1.44. The summed E-state index contributed by atoms with van der Waals surface area (Å²) in [4.78, 5) is 24.1. The second-order valence-corrected chi connectivity index (χ2v) is 7.91. The number of carbonyl (C=O) groups is 1. The van der Waals surface area contributed by atoms with Crippen LogP contribution in [0.5, 0.6) is 5.75 Å². The molecule has 2 aliphatic rings. The van der Waals surface area contributed by atoms with Gasteiger partial charge in [-0.1, -0.05) is 24.3 Å². The van der Waals surface area contributed by atoms with Crippen molar-refractivity contribution in [1.29, 1.82) is 0 Å². The van der Waals surface area contributed by atoms with E-state index in [1.54, 1.807) is 18.2 Å². The molecule has 8 heteroatoms. The average molecular weight is 419 g/mol. The number of nitrogens with one attached hydrogen (secondary N) is 2. The summed E-state index contributed by atoms with van der Waals surface area (Å²) in [6, 6.07) is 14.7. The van der Waals surface area contributed by atoms with Gasteiger partial charge in [0, 0.05) is 31.1 Å². The molecular formula is C23H25N5O3. The van der Waals surface area contributed by atoms with Crippen LogP contribution in [0.4, 0.5) is 5.82 Å². The zero-order valence-corrected chi connectivity index (χ0v) is 17.1. The van der Waals surface area contributed by atoms with Crippen LogP contribution in [-0.2, 0) is 9.53 Å². The van der Waals surface area contributed by atoms with Crippen molar-refractivity contribution in [2.75, 3.05) is 38.2 Å². The lowest BCUT2D eigenvalue weighted by atomic mass is 10.1. The number of anilines is 1. The number of ether oxygens (including phenoxy) is 1. The van der Waals surface area contributed by atoms with Gasteiger partial charge in [0.05, 0.1) is 30.3 Å². The second kappa shape index (κ2) is 8.49. The Hall–Kier alpha value is -3.23. The Morgan fingerprint density at radius 3 is 2.71 bits per heavy atom. The first kappa shape index (κ1) is 19.7. The fourth-order valence-electron chi connectivity index (χ4n) is 4.20. The lowest BCUT2D eigenvalue weighted by molar-refractivity contribution is -0.137. The topological polar surface area (TPSA) is 99.6 Å². The van der Waals surface area contributed by atoms with Crippen molar-refractivity contribution in [1.82, 2.24) is 20.2 Å². The van der Waals surface area contributed by atoms with E-state index in [0.29, 0.717) is 56.5 Å². The molecule has 2 aliphatic heterocycles. The molecule has 0 aliphatic carbocycles. The first-order valence-electron chi connectivity index (χ1n) is 10.6. The molecule has 1 aromatic heterocycles. The maximum atomic E-state index is 12.8. The third-order valence-electron chi connectivity index (χ3n) is 5.84. The molecule has 0 unspecified atom stereocenters. The number of rotatable bonds is 4. The molecule has 2 atom stereocenters. The van der Waals surface area contributed by atoms with Gasteiger partial charge < -0.3 is 25.4 Å². The summed E-state index contributed by atoms with van der Waals surface area (Å²) < 4.78 is 5.35. The number of morpholine rings is 1. The fourth-order valence-corrected chi connectivity index (χ4v) is 4.20. The Morgan fingerprint density at radius 1 is 1.10 bits per heavy atom. The number of aromatic hydroxyl groups is 1. The molecule has 3 aromatic rings. The molecule has 0 bridgehead atoms. The molecule has 0 saturated carbocycles. The first-order valence-corrected chi connectivity index (χ1v) is 10.6. The van der Waals surface area contributed by atoms with Gasteiger partial charge in [-0.25, -0.2) is 9.97 Å². The van der Waals surface area contributed by atoms with E-state index >= 15 is 0 Å². The van der Waals surface area contributed by atoms with E-state index in [1.165, 1.54) is 0 Å². The summed E-state index contributed by atoms with van der Waals surface area (Å²) in [7, 11) is 0. The number of carbonyl (C=O) groups excluding carboxylic acids is 1. The van der Waals surface area contributed by atoms with Crippen LogP contribution >= 0.6 is 0 Å². The van der Waals surface area contributed by atoms with Crippen molar-refractivity contribution in [3.63, 3.8) is 0 Å². The first-order chi connectivity index (χ1) is 15.2. The highest BCUT2D eigenvalue weighted by molar-refractivity contribution is 5.91. The van der Waals surface area contributed by atoms with Crippen molar-refractivity contribution in [3.05, 3.63) is 48.5 Å². The number of hydrogen-bond acceptors (Lipinski definition) is 7. The molecule has 2 saturated heterocycles. The minimum atomic E-state index is -0.207. The highest BCUT2D eigenvalue weighted by Gasteiger charge is 2.33. The van der Waals surface area contributed by atoms with Crippen molar-refractivity contribution >= 4 is 22.6 Å². The van der Waals surface area contributed by atoms with Crippen LogP contribution in [0.2, 0.25) is 0 Å². The number of para-hydroxylation sites is 2. The van der Waals surface area contributed by atoms with Crippen molar-refractivity contribution in [2.24, 2.45) is 0 Å². The standard InChI is InChI=1S/C23H25N5O3/c29-20-8-4-2-6-17(20)22-26-18-7-3-1-5-16(18)21(27-22)25-15-13-19(24-14-15)23(30)28-9-11-31-12-10-28/h1-8,15,19,24,29H,9-14H2,(H,25,26,27)/t15-,19+/m0/s1. The van der Waals surface area contributed by atoms with Crippen LogP contribution in [0, 0.1) is 0 Å². The third kappa shape index (κ3) is 4.04. The normalized spacial score (nSPS) is 21.4. The zero-order valence-electron chi connectivity index (χ0n) is 17.1. The van der Waals surface area contributed by atoms with E-state index in [4.69, 9.17) is 9.72 Å². The Balaban J connectivity index is 1.39. The smallest absolute Gasteiger partial charge is 0.239 e. The summed E-state index contributed by atoms with van der Waals surface area (Å²) >= 11 is 0. The predicted molar refractivity (Wildman–Crippen MR) is 118 cm³/mol. The van der Waals surface area contributed by atoms with Crippen LogP contribution in [0.3, 0.4) is 0 Å². The molecule has 31 heavy (non-hydrogen) atoms. The quantitative estimate of drug-likeness (QED) is 0.595. The van der Waals surface area contributed by atoms with E-state index in [2.05, 4.69) is 15.6 Å². The third-order valence-corrected chi connectivity index (χ3v) is 5.84. The minimum absolute atomic E-state index is 0.0607. The summed E-state index contributed by atoms with van der Waals surface area (Å²) in [5.41, 5.74) is 1.38. The zero-order chi connectivity index (χ0) is 21.2. The van der Waals surface area contributed by atoms with E-state index < -0.39 is 0 Å². The lowest BCUT2D eigenvalue weighted by Gasteiger charge is -2.29. The number of phenols is 1. The molecule has 5 rings (SSSR count). The van der Waals surface area contributed by atoms with Gasteiger partial charge in [0.2, 0.25) is 5.91 Å². The van der Waals surface area contributed by atoms with Crippen molar-refractivity contribution in [3.8, 4) is 17.1 Å². The second-order valence-electron chi connectivity index (χ2n) is 7.91. The lowest BCUT2D eigenvalue weighted by Crippen LogP contribution is -2.48. The van der Waals surface area contributed by atoms with Gasteiger partial charge in [0.1, 0.15) is 11.6 Å². The van der Waals surface area contributed by atoms with Crippen LogP contribution in [0.25, 0.3) is 22.3 Å². The molecule has 0 spiro atoms. The SMILES string of the molecule is O=C([C@H]1C[C@H](Nc2nc(-c3ccccc3O)nc3ccccc23)CN1)N1CCOCC1. The van der Waals surface area contributed by atoms with Gasteiger partial charge in [0.25, 0.3) is 0 Å². The summed E-state index contributed by atoms with van der Waals surface area (Å²) in [5, 5.41) is 18.0. The van der Waals surface area contributed by atoms with Gasteiger partial charge in [-0.2, -0.15) is 0 Å². The molecule has 2 aromatic carbocycles. The van der Waals surface area contributed by atoms with Gasteiger partial charge in [-0.3, -0.25) is 4.79 Å². The van der Waals surface area contributed by atoms with E-state index in [0.717, 1.165) is 10.9 Å². The predicted octanol–water partition coefficient (Wildman–Crippen LogP) is 2.00. The number of benzene rings is 2. The minimum Gasteiger partial charge on any atom is -0.507 e. The van der Waals surface area contributed by atoms with Gasteiger partial charge in [0.15, 0.2) is 5.82 Å². The number of aromatic nitrogens is 2. The molecule has 2 fully saturated rings. The Kier molecular flexibility index (Phi) is 5.40. The van der Waals surface area contributed by atoms with E-state index in [1.807, 2.05) is 35.2 Å². The van der Waals surface area contributed by atoms with Crippen LogP contribution in [-0.4, -0.2) is 70.8 Å². The molecule has 3 N–H and O–H groups in total. The van der Waals surface area contributed by atoms with Gasteiger partial charge >= 0.3 is 0 Å². The average Bonchev–Trinajstić information content (AvgIpc) is 3.28. The maximum absolute atomic E-state index is 12.8. The number of amides is 1. The molecule has 1 amide bonds. The number of hydrogen-bond donors (Lipinski definition) is 3. The monoisotopic (exact) mass is 419 g/mol. The van der Waals surface area contributed by atoms with Crippen molar-refractivity contribution in [2.45, 2.75) is 18.5 Å². The molecular weight excluding hydrogens is 394 g/mol. The largest absolute Gasteiger partial charge is 0.507 e.